The summed E-state index contributed by atoms with van der Waals surface area (Å²) < 4.78 is 27.9. The van der Waals surface area contributed by atoms with E-state index in [-0.39, 0.29) is 5.54 Å². The lowest BCUT2D eigenvalue weighted by atomic mass is 9.84. The van der Waals surface area contributed by atoms with Crippen LogP contribution in [0.25, 0.3) is 0 Å². The van der Waals surface area contributed by atoms with Crippen LogP contribution < -0.4 is 10.6 Å². The Bertz CT molecular complexity index is 823. The van der Waals surface area contributed by atoms with Gasteiger partial charge in [-0.25, -0.2) is 8.42 Å². The van der Waals surface area contributed by atoms with Crippen LogP contribution in [-0.4, -0.2) is 56.3 Å². The molecule has 3 aliphatic rings. The first-order valence-electron chi connectivity index (χ1n) is 10.6. The number of rotatable bonds is 3. The zero-order valence-corrected chi connectivity index (χ0v) is 17.6. The number of aryl methyl sites for hydroxylation is 1. The first kappa shape index (κ1) is 19.9. The number of nitrogens with zero attached hydrogens (tertiary/aromatic N) is 2. The minimum Gasteiger partial charge on any atom is -0.370 e. The van der Waals surface area contributed by atoms with Gasteiger partial charge in [-0.1, -0.05) is 37.5 Å². The fourth-order valence-corrected chi connectivity index (χ4v) is 6.50. The van der Waals surface area contributed by atoms with Gasteiger partial charge in [0, 0.05) is 25.7 Å². The van der Waals surface area contributed by atoms with Gasteiger partial charge >= 0.3 is 0 Å². The Hall–Kier alpha value is -1.44. The van der Waals surface area contributed by atoms with Crippen molar-refractivity contribution in [3.05, 3.63) is 29.8 Å². The van der Waals surface area contributed by atoms with Gasteiger partial charge in [0.1, 0.15) is 5.84 Å². The summed E-state index contributed by atoms with van der Waals surface area (Å²) in [5.74, 6) is 1.07. The molecular formula is C21H32N4O2S. The molecule has 0 radical (unpaired) electrons. The SMILES string of the molecule is Cc1ccccc1S(=O)(=O)N1CCC2(CC1)NCCN=C2NC1CCCCC1. The quantitative estimate of drug-likeness (QED) is 0.812. The number of benzene rings is 1. The van der Waals surface area contributed by atoms with Crippen LogP contribution in [0.5, 0.6) is 0 Å². The molecule has 0 unspecified atom stereocenters. The largest absolute Gasteiger partial charge is 0.370 e. The number of nitrogens with one attached hydrogen (secondary N) is 2. The maximum absolute atomic E-state index is 13.1. The smallest absolute Gasteiger partial charge is 0.243 e. The van der Waals surface area contributed by atoms with Gasteiger partial charge in [0.25, 0.3) is 0 Å². The second-order valence-electron chi connectivity index (χ2n) is 8.39. The van der Waals surface area contributed by atoms with E-state index in [1.807, 2.05) is 19.1 Å². The van der Waals surface area contributed by atoms with Gasteiger partial charge in [-0.2, -0.15) is 4.31 Å². The van der Waals surface area contributed by atoms with Crippen molar-refractivity contribution in [1.82, 2.24) is 14.9 Å². The van der Waals surface area contributed by atoms with Crippen LogP contribution in [-0.2, 0) is 10.0 Å². The summed E-state index contributed by atoms with van der Waals surface area (Å²) in [5, 5.41) is 7.41. The molecule has 154 valence electrons. The summed E-state index contributed by atoms with van der Waals surface area (Å²) >= 11 is 0. The lowest BCUT2D eigenvalue weighted by molar-refractivity contribution is 0.238. The molecule has 0 bridgehead atoms. The van der Waals surface area contributed by atoms with Crippen molar-refractivity contribution in [2.75, 3.05) is 26.2 Å². The molecule has 1 aliphatic carbocycles. The van der Waals surface area contributed by atoms with Crippen LogP contribution in [0.2, 0.25) is 0 Å². The van der Waals surface area contributed by atoms with Gasteiger partial charge in [-0.15, -0.1) is 0 Å². The highest BCUT2D eigenvalue weighted by molar-refractivity contribution is 7.89. The zero-order chi connectivity index (χ0) is 19.6. The Morgan fingerprint density at radius 2 is 1.86 bits per heavy atom. The molecule has 0 amide bonds. The van der Waals surface area contributed by atoms with Crippen LogP contribution in [0.15, 0.2) is 34.2 Å². The second kappa shape index (κ2) is 8.13. The van der Waals surface area contributed by atoms with E-state index in [9.17, 15) is 8.42 Å². The molecule has 2 heterocycles. The zero-order valence-electron chi connectivity index (χ0n) is 16.8. The highest BCUT2D eigenvalue weighted by atomic mass is 32.2. The average Bonchev–Trinajstić information content (AvgIpc) is 2.71. The third-order valence-electron chi connectivity index (χ3n) is 6.53. The number of hydrogen-bond donors (Lipinski definition) is 2. The average molecular weight is 405 g/mol. The van der Waals surface area contributed by atoms with Crippen LogP contribution in [0, 0.1) is 6.92 Å². The highest BCUT2D eigenvalue weighted by Gasteiger charge is 2.43. The Kier molecular flexibility index (Phi) is 5.76. The molecule has 6 nitrogen and oxygen atoms in total. The van der Waals surface area contributed by atoms with E-state index >= 15 is 0 Å². The Labute approximate surface area is 168 Å². The van der Waals surface area contributed by atoms with Crippen LogP contribution in [0.1, 0.15) is 50.5 Å². The van der Waals surface area contributed by atoms with Crippen LogP contribution in [0.3, 0.4) is 0 Å². The predicted molar refractivity (Wildman–Crippen MR) is 112 cm³/mol. The van der Waals surface area contributed by atoms with Crippen molar-refractivity contribution in [2.45, 2.75) is 68.3 Å². The third kappa shape index (κ3) is 3.84. The van der Waals surface area contributed by atoms with Gasteiger partial charge in [-0.05, 0) is 44.2 Å². The maximum atomic E-state index is 13.1. The molecule has 4 rings (SSSR count). The van der Waals surface area contributed by atoms with E-state index in [4.69, 9.17) is 4.99 Å². The fourth-order valence-electron chi connectivity index (χ4n) is 4.83. The van der Waals surface area contributed by atoms with Gasteiger partial charge in [0.05, 0.1) is 17.0 Å². The first-order chi connectivity index (χ1) is 13.5. The monoisotopic (exact) mass is 404 g/mol. The molecule has 2 fully saturated rings. The van der Waals surface area contributed by atoms with Crippen molar-refractivity contribution in [3.8, 4) is 0 Å². The summed E-state index contributed by atoms with van der Waals surface area (Å²) in [5.41, 5.74) is 0.604. The summed E-state index contributed by atoms with van der Waals surface area (Å²) in [6, 6.07) is 7.77. The van der Waals surface area contributed by atoms with Crippen molar-refractivity contribution in [1.29, 1.82) is 0 Å². The minimum absolute atomic E-state index is 0.201. The van der Waals surface area contributed by atoms with E-state index in [2.05, 4.69) is 10.6 Å². The first-order valence-corrected chi connectivity index (χ1v) is 12.1. The van der Waals surface area contributed by atoms with Crippen molar-refractivity contribution >= 4 is 15.9 Å². The van der Waals surface area contributed by atoms with Crippen molar-refractivity contribution < 1.29 is 8.42 Å². The Morgan fingerprint density at radius 3 is 2.57 bits per heavy atom. The Morgan fingerprint density at radius 1 is 1.14 bits per heavy atom. The predicted octanol–water partition coefficient (Wildman–Crippen LogP) is 2.44. The number of sulfonamides is 1. The molecular weight excluding hydrogens is 372 g/mol. The van der Waals surface area contributed by atoms with Crippen LogP contribution in [0.4, 0.5) is 0 Å². The molecule has 2 aliphatic heterocycles. The minimum atomic E-state index is -3.45. The molecule has 1 spiro atoms. The van der Waals surface area contributed by atoms with Crippen molar-refractivity contribution in [2.24, 2.45) is 4.99 Å². The normalized spacial score (nSPS) is 24.1. The summed E-state index contributed by atoms with van der Waals surface area (Å²) in [6.45, 7) is 4.56. The molecule has 1 saturated heterocycles. The molecule has 1 saturated carbocycles. The third-order valence-corrected chi connectivity index (χ3v) is 8.59. The molecule has 0 aromatic heterocycles. The van der Waals surface area contributed by atoms with Gasteiger partial charge < -0.3 is 10.6 Å². The summed E-state index contributed by atoms with van der Waals surface area (Å²) in [4.78, 5) is 5.26. The van der Waals surface area contributed by atoms with E-state index in [0.717, 1.165) is 37.3 Å². The number of amidine groups is 1. The topological polar surface area (TPSA) is 73.8 Å². The van der Waals surface area contributed by atoms with Gasteiger partial charge in [0.15, 0.2) is 0 Å². The van der Waals surface area contributed by atoms with Crippen molar-refractivity contribution in [3.63, 3.8) is 0 Å². The number of piperidine rings is 1. The summed E-state index contributed by atoms with van der Waals surface area (Å²) in [7, 11) is -3.45. The summed E-state index contributed by atoms with van der Waals surface area (Å²) in [6.07, 6.45) is 7.85. The van der Waals surface area contributed by atoms with E-state index in [1.165, 1.54) is 32.1 Å². The molecule has 28 heavy (non-hydrogen) atoms. The number of hydrogen-bond acceptors (Lipinski definition) is 5. The van der Waals surface area contributed by atoms with E-state index in [1.54, 1.807) is 16.4 Å². The lowest BCUT2D eigenvalue weighted by Crippen LogP contribution is -2.65. The highest BCUT2D eigenvalue weighted by Crippen LogP contribution is 2.30. The standard InChI is InChI=1S/C21H32N4O2S/c1-17-7-5-6-10-19(17)28(26,27)25-15-11-21(12-16-25)20(22-13-14-23-21)24-18-8-3-2-4-9-18/h5-7,10,18,23H,2-4,8-9,11-16H2,1H3,(H,22,24). The van der Waals surface area contributed by atoms with Gasteiger partial charge in [0.2, 0.25) is 10.0 Å². The lowest BCUT2D eigenvalue weighted by Gasteiger charge is -2.45. The maximum Gasteiger partial charge on any atom is 0.243 e. The molecule has 7 heteroatoms. The van der Waals surface area contributed by atoms with Crippen LogP contribution >= 0.6 is 0 Å². The molecule has 0 atom stereocenters. The van der Waals surface area contributed by atoms with Gasteiger partial charge in [-0.3, -0.25) is 4.99 Å². The van der Waals surface area contributed by atoms with E-state index in [0.29, 0.717) is 24.0 Å². The molecule has 2 N–H and O–H groups in total. The number of aliphatic imine (C=N–C) groups is 1. The molecule has 1 aromatic rings. The fraction of sp³-hybridized carbons (Fsp3) is 0.667. The van der Waals surface area contributed by atoms with E-state index < -0.39 is 10.0 Å². The molecule has 1 aromatic carbocycles. The second-order valence-corrected chi connectivity index (χ2v) is 10.3. The Balaban J connectivity index is 1.48.